The fourth-order valence-corrected chi connectivity index (χ4v) is 3.58. The molecule has 0 bridgehead atoms. The average Bonchev–Trinajstić information content (AvgIpc) is 3.16. The van der Waals surface area contributed by atoms with Crippen molar-refractivity contribution in [3.05, 3.63) is 12.2 Å². The predicted molar refractivity (Wildman–Crippen MR) is 96.6 cm³/mol. The molecule has 8 heteroatoms. The number of hydrogen-bond acceptors (Lipinski definition) is 8. The summed E-state index contributed by atoms with van der Waals surface area (Å²) in [6.07, 6.45) is 4.30. The van der Waals surface area contributed by atoms with E-state index in [1.807, 2.05) is 20.8 Å². The van der Waals surface area contributed by atoms with Gasteiger partial charge < -0.3 is 39.7 Å². The van der Waals surface area contributed by atoms with Crippen molar-refractivity contribution in [3.63, 3.8) is 0 Å². The molecule has 1 saturated carbocycles. The summed E-state index contributed by atoms with van der Waals surface area (Å²) in [4.78, 5) is 0. The van der Waals surface area contributed by atoms with Crippen molar-refractivity contribution >= 4 is 0 Å². The lowest BCUT2D eigenvalue weighted by Crippen LogP contribution is -2.29. The Morgan fingerprint density at radius 2 is 1.33 bits per heavy atom. The average molecular weight is 390 g/mol. The fraction of sp³-hybridized carbons (Fsp3) is 0.895. The summed E-state index contributed by atoms with van der Waals surface area (Å²) in [5.74, 6) is -0.589. The van der Waals surface area contributed by atoms with Crippen molar-refractivity contribution in [1.29, 1.82) is 0 Å². The Morgan fingerprint density at radius 1 is 0.815 bits per heavy atom. The van der Waals surface area contributed by atoms with E-state index in [4.69, 9.17) is 34.6 Å². The first kappa shape index (κ1) is 22.7. The molecule has 4 rings (SSSR count). The molecule has 5 N–H and O–H groups in total. The van der Waals surface area contributed by atoms with Crippen LogP contribution in [-0.4, -0.2) is 80.3 Å². The number of rotatable bonds is 0. The van der Waals surface area contributed by atoms with Gasteiger partial charge >= 0.3 is 0 Å². The zero-order valence-electron chi connectivity index (χ0n) is 16.3. The van der Waals surface area contributed by atoms with Crippen LogP contribution in [-0.2, 0) is 14.2 Å². The fourth-order valence-electron chi connectivity index (χ4n) is 3.58. The van der Waals surface area contributed by atoms with E-state index in [2.05, 4.69) is 0 Å². The highest BCUT2D eigenvalue weighted by molar-refractivity contribution is 5.02. The van der Waals surface area contributed by atoms with Gasteiger partial charge in [-0.05, 0) is 46.5 Å². The number of aliphatic hydroxyl groups is 5. The second-order valence-corrected chi connectivity index (χ2v) is 8.03. The third kappa shape index (κ3) is 7.07. The van der Waals surface area contributed by atoms with E-state index in [1.54, 1.807) is 12.2 Å². The molecule has 2 heterocycles. The third-order valence-corrected chi connectivity index (χ3v) is 4.92. The Hall–Kier alpha value is -0.580. The van der Waals surface area contributed by atoms with Crippen LogP contribution in [0.4, 0.5) is 0 Å². The predicted octanol–water partition coefficient (Wildman–Crippen LogP) is 0.194. The molecule has 8 nitrogen and oxygen atoms in total. The normalized spacial score (nSPS) is 44.7. The van der Waals surface area contributed by atoms with Crippen LogP contribution in [0.5, 0.6) is 0 Å². The van der Waals surface area contributed by atoms with Crippen LogP contribution in [0.1, 0.15) is 52.9 Å². The first-order chi connectivity index (χ1) is 12.6. The van der Waals surface area contributed by atoms with E-state index in [-0.39, 0.29) is 30.5 Å². The highest BCUT2D eigenvalue weighted by atomic mass is 16.8. The molecule has 0 spiro atoms. The topological polar surface area (TPSA) is 129 Å². The van der Waals surface area contributed by atoms with E-state index >= 15 is 0 Å². The molecule has 2 aliphatic heterocycles. The molecule has 8 atom stereocenters. The largest absolute Gasteiger partial charge is 0.393 e. The Labute approximate surface area is 160 Å². The molecule has 3 fully saturated rings. The van der Waals surface area contributed by atoms with Gasteiger partial charge in [0, 0.05) is 6.42 Å². The summed E-state index contributed by atoms with van der Waals surface area (Å²) >= 11 is 0. The first-order valence-electron chi connectivity index (χ1n) is 9.67. The monoisotopic (exact) mass is 390 g/mol. The Morgan fingerprint density at radius 3 is 1.70 bits per heavy atom. The quantitative estimate of drug-likeness (QED) is 0.371. The Balaban J connectivity index is 0.000000153. The van der Waals surface area contributed by atoms with Gasteiger partial charge in [0.25, 0.3) is 0 Å². The smallest absolute Gasteiger partial charge is 0.184 e. The Kier molecular flexibility index (Phi) is 8.20. The molecular weight excluding hydrogens is 356 g/mol. The van der Waals surface area contributed by atoms with Gasteiger partial charge in [0.1, 0.15) is 12.2 Å². The lowest BCUT2D eigenvalue weighted by Gasteiger charge is -2.20. The molecule has 0 aromatic rings. The lowest BCUT2D eigenvalue weighted by atomic mass is 9.95. The van der Waals surface area contributed by atoms with Gasteiger partial charge in [0.15, 0.2) is 12.1 Å². The molecular formula is C19H34O8. The molecule has 158 valence electrons. The number of fused-ring (bicyclic) bond motifs is 1. The summed E-state index contributed by atoms with van der Waals surface area (Å²) in [7, 11) is 0. The summed E-state index contributed by atoms with van der Waals surface area (Å²) in [5, 5.41) is 44.5. The lowest BCUT2D eigenvalue weighted by molar-refractivity contribution is -0.217. The van der Waals surface area contributed by atoms with Gasteiger partial charge in [-0.15, -0.1) is 0 Å². The Bertz CT molecular complexity index is 446. The van der Waals surface area contributed by atoms with Gasteiger partial charge in [0.05, 0.1) is 30.5 Å². The van der Waals surface area contributed by atoms with E-state index < -0.39 is 24.3 Å². The van der Waals surface area contributed by atoms with Crippen LogP contribution >= 0.6 is 0 Å². The van der Waals surface area contributed by atoms with Crippen LogP contribution in [0, 0.1) is 0 Å². The molecule has 2 saturated heterocycles. The summed E-state index contributed by atoms with van der Waals surface area (Å²) in [6, 6.07) is 0. The molecule has 0 aromatic heterocycles. The van der Waals surface area contributed by atoms with E-state index in [0.29, 0.717) is 12.8 Å². The second kappa shape index (κ2) is 9.76. The van der Waals surface area contributed by atoms with Crippen molar-refractivity contribution in [2.24, 2.45) is 0 Å². The van der Waals surface area contributed by atoms with Crippen LogP contribution in [0.2, 0.25) is 0 Å². The summed E-state index contributed by atoms with van der Waals surface area (Å²) in [6.45, 7) is 5.55. The molecule has 27 heavy (non-hydrogen) atoms. The van der Waals surface area contributed by atoms with Gasteiger partial charge in [-0.2, -0.15) is 0 Å². The second-order valence-electron chi connectivity index (χ2n) is 8.03. The zero-order valence-corrected chi connectivity index (χ0v) is 16.3. The van der Waals surface area contributed by atoms with Crippen molar-refractivity contribution in [2.45, 2.75) is 108 Å². The SMILES string of the molecule is C[C@H]1O[C@@H](O)C2OC(C)(C)OC21.O[C@@H]1C=C[C@H](O)C1.O[C@@H]1CCC[C@H](O)C1. The first-order valence-corrected chi connectivity index (χ1v) is 9.67. The third-order valence-electron chi connectivity index (χ3n) is 4.92. The number of ether oxygens (including phenoxy) is 3. The zero-order chi connectivity index (χ0) is 20.2. The van der Waals surface area contributed by atoms with E-state index in [9.17, 15) is 5.11 Å². The standard InChI is InChI=1S/C8H14O4.C6H12O2.C5H8O2/c1-4-5-6(7(9)10-4)12-8(2,3)11-5;7-5-2-1-3-6(8)4-5;6-4-1-2-5(7)3-4/h4-7,9H,1-3H3;5-8H,1-4H2;1-2,4-7H,3H2/t4-,5?,6?,7-;5-,6+;4-,5+/m1../s1. The van der Waals surface area contributed by atoms with E-state index in [0.717, 1.165) is 19.3 Å². The maximum absolute atomic E-state index is 9.37. The van der Waals surface area contributed by atoms with Crippen LogP contribution in [0.25, 0.3) is 0 Å². The maximum atomic E-state index is 9.37. The highest BCUT2D eigenvalue weighted by Crippen LogP contribution is 2.37. The summed E-state index contributed by atoms with van der Waals surface area (Å²) < 4.78 is 16.1. The van der Waals surface area contributed by atoms with Gasteiger partial charge in [0.2, 0.25) is 0 Å². The van der Waals surface area contributed by atoms with Crippen molar-refractivity contribution in [2.75, 3.05) is 0 Å². The minimum atomic E-state index is -0.841. The molecule has 2 aliphatic carbocycles. The van der Waals surface area contributed by atoms with Crippen LogP contribution < -0.4 is 0 Å². The van der Waals surface area contributed by atoms with Gasteiger partial charge in [-0.3, -0.25) is 0 Å². The van der Waals surface area contributed by atoms with Gasteiger partial charge in [-0.1, -0.05) is 12.2 Å². The van der Waals surface area contributed by atoms with E-state index in [1.165, 1.54) is 0 Å². The maximum Gasteiger partial charge on any atom is 0.184 e. The molecule has 0 aromatic carbocycles. The van der Waals surface area contributed by atoms with Crippen molar-refractivity contribution in [3.8, 4) is 0 Å². The minimum absolute atomic E-state index is 0.0909. The molecule has 0 radical (unpaired) electrons. The van der Waals surface area contributed by atoms with Crippen molar-refractivity contribution in [1.82, 2.24) is 0 Å². The molecule has 0 amide bonds. The highest BCUT2D eigenvalue weighted by Gasteiger charge is 2.53. The number of hydrogen-bond donors (Lipinski definition) is 5. The molecule has 2 unspecified atom stereocenters. The minimum Gasteiger partial charge on any atom is -0.393 e. The summed E-state index contributed by atoms with van der Waals surface area (Å²) in [5.41, 5.74) is 0. The van der Waals surface area contributed by atoms with Crippen molar-refractivity contribution < 1.29 is 39.7 Å². The van der Waals surface area contributed by atoms with Crippen LogP contribution in [0.3, 0.4) is 0 Å². The molecule has 4 aliphatic rings. The van der Waals surface area contributed by atoms with Crippen LogP contribution in [0.15, 0.2) is 12.2 Å². The van der Waals surface area contributed by atoms with Gasteiger partial charge in [-0.25, -0.2) is 0 Å². The number of aliphatic hydroxyl groups excluding tert-OH is 5.